The number of carbonyl (C=O) groups excluding carboxylic acids is 1. The molecule has 1 heterocycles. The third-order valence-corrected chi connectivity index (χ3v) is 7.07. The predicted octanol–water partition coefficient (Wildman–Crippen LogP) is 4.49. The number of anilines is 1. The minimum Gasteiger partial charge on any atom is -0.337 e. The lowest BCUT2D eigenvalue weighted by atomic mass is 10.2. The molecule has 0 bridgehead atoms. The van der Waals surface area contributed by atoms with Gasteiger partial charge >= 0.3 is 0 Å². The van der Waals surface area contributed by atoms with Crippen LogP contribution in [0.3, 0.4) is 0 Å². The molecule has 0 atom stereocenters. The fraction of sp³-hybridized carbons (Fsp3) is 0.438. The molecule has 0 fully saturated rings. The van der Waals surface area contributed by atoms with Crippen LogP contribution in [0.1, 0.15) is 32.7 Å². The molecule has 0 radical (unpaired) electrons. The molecule has 154 valence electrons. The summed E-state index contributed by atoms with van der Waals surface area (Å²) in [6.45, 7) is 7.71. The van der Waals surface area contributed by atoms with Crippen molar-refractivity contribution in [1.82, 2.24) is 15.1 Å². The molecule has 2 aromatic rings. The van der Waals surface area contributed by atoms with Crippen LogP contribution in [0.15, 0.2) is 17.0 Å². The van der Waals surface area contributed by atoms with E-state index in [1.165, 1.54) is 12.1 Å². The van der Waals surface area contributed by atoms with E-state index in [1.54, 1.807) is 4.90 Å². The summed E-state index contributed by atoms with van der Waals surface area (Å²) in [5.74, 6) is -0.112. The number of benzene rings is 1. The van der Waals surface area contributed by atoms with Crippen molar-refractivity contribution in [1.29, 1.82) is 0 Å². The number of nitrogens with one attached hydrogen (secondary N) is 1. The highest BCUT2D eigenvalue weighted by Crippen LogP contribution is 2.34. The van der Waals surface area contributed by atoms with Gasteiger partial charge in [0.25, 0.3) is 10.0 Å². The van der Waals surface area contributed by atoms with E-state index in [0.29, 0.717) is 5.01 Å². The number of aromatic nitrogens is 2. The number of carbonyl (C=O) groups is 1. The first kappa shape index (κ1) is 23.2. The third-order valence-electron chi connectivity index (χ3n) is 3.62. The lowest BCUT2D eigenvalue weighted by molar-refractivity contribution is -0.134. The van der Waals surface area contributed by atoms with Crippen LogP contribution in [0, 0.1) is 0 Å². The van der Waals surface area contributed by atoms with E-state index in [-0.39, 0.29) is 49.5 Å². The molecule has 1 N–H and O–H groups in total. The standard InChI is InChI=1S/C16H19Cl3N4O3S2/c1-8(2)23(9(3)4)14(24)7-13-20-21-16(27-13)22-28(25,26)15-11(18)5-10(17)6-12(15)19/h5-6,8-9H,7H2,1-4H3,(H,21,22). The summed E-state index contributed by atoms with van der Waals surface area (Å²) in [6, 6.07) is 2.63. The number of nitrogens with zero attached hydrogens (tertiary/aromatic N) is 3. The van der Waals surface area contributed by atoms with Gasteiger partial charge in [-0.1, -0.05) is 46.1 Å². The van der Waals surface area contributed by atoms with E-state index in [4.69, 9.17) is 34.8 Å². The van der Waals surface area contributed by atoms with E-state index in [9.17, 15) is 13.2 Å². The van der Waals surface area contributed by atoms with E-state index < -0.39 is 10.0 Å². The summed E-state index contributed by atoms with van der Waals surface area (Å²) in [7, 11) is -4.11. The average molecular weight is 486 g/mol. The van der Waals surface area contributed by atoms with Crippen molar-refractivity contribution in [2.24, 2.45) is 0 Å². The Hall–Kier alpha value is -1.13. The summed E-state index contributed by atoms with van der Waals surface area (Å²) in [6.07, 6.45) is 0.0260. The highest BCUT2D eigenvalue weighted by atomic mass is 35.5. The first-order valence-electron chi connectivity index (χ1n) is 8.23. The smallest absolute Gasteiger partial charge is 0.266 e. The van der Waals surface area contributed by atoms with Gasteiger partial charge in [0, 0.05) is 17.1 Å². The molecular formula is C16H19Cl3N4O3S2. The molecule has 28 heavy (non-hydrogen) atoms. The Morgan fingerprint density at radius 3 is 2.14 bits per heavy atom. The van der Waals surface area contributed by atoms with Crippen LogP contribution in [0.25, 0.3) is 0 Å². The van der Waals surface area contributed by atoms with Gasteiger partial charge in [-0.05, 0) is 39.8 Å². The topological polar surface area (TPSA) is 92.3 Å². The number of rotatable bonds is 7. The second kappa shape index (κ2) is 9.13. The third kappa shape index (κ3) is 5.48. The maximum Gasteiger partial charge on any atom is 0.266 e. The van der Waals surface area contributed by atoms with Crippen LogP contribution < -0.4 is 4.72 Å². The number of amides is 1. The number of hydrogen-bond donors (Lipinski definition) is 1. The Bertz CT molecular complexity index is 946. The van der Waals surface area contributed by atoms with Gasteiger partial charge in [0.15, 0.2) is 0 Å². The van der Waals surface area contributed by atoms with Gasteiger partial charge in [-0.15, -0.1) is 10.2 Å². The molecule has 12 heteroatoms. The molecule has 0 spiro atoms. The Balaban J connectivity index is 2.20. The predicted molar refractivity (Wildman–Crippen MR) is 113 cm³/mol. The lowest BCUT2D eigenvalue weighted by Crippen LogP contribution is -2.42. The molecule has 0 aliphatic heterocycles. The molecule has 0 aliphatic rings. The minimum atomic E-state index is -4.11. The summed E-state index contributed by atoms with van der Waals surface area (Å²) in [4.78, 5) is 13.9. The van der Waals surface area contributed by atoms with Crippen LogP contribution in [0.5, 0.6) is 0 Å². The Morgan fingerprint density at radius 1 is 1.11 bits per heavy atom. The van der Waals surface area contributed by atoms with Gasteiger partial charge in [-0.2, -0.15) is 0 Å². The van der Waals surface area contributed by atoms with Crippen molar-refractivity contribution in [2.45, 2.75) is 51.1 Å². The fourth-order valence-corrected chi connectivity index (χ4v) is 6.22. The summed E-state index contributed by atoms with van der Waals surface area (Å²) < 4.78 is 27.5. The molecule has 0 aliphatic carbocycles. The maximum absolute atomic E-state index is 12.6. The summed E-state index contributed by atoms with van der Waals surface area (Å²) in [5.41, 5.74) is 0. The zero-order valence-corrected chi connectivity index (χ0v) is 19.4. The summed E-state index contributed by atoms with van der Waals surface area (Å²) >= 11 is 18.7. The SMILES string of the molecule is CC(C)N(C(=O)Cc1nnc(NS(=O)(=O)c2c(Cl)cc(Cl)cc2Cl)s1)C(C)C. The highest BCUT2D eigenvalue weighted by molar-refractivity contribution is 7.93. The van der Waals surface area contributed by atoms with E-state index in [2.05, 4.69) is 14.9 Å². The first-order chi connectivity index (χ1) is 12.9. The average Bonchev–Trinajstić information content (AvgIpc) is 2.90. The van der Waals surface area contributed by atoms with Gasteiger partial charge in [0.2, 0.25) is 11.0 Å². The van der Waals surface area contributed by atoms with Crippen molar-refractivity contribution in [3.63, 3.8) is 0 Å². The highest BCUT2D eigenvalue weighted by Gasteiger charge is 2.25. The zero-order chi connectivity index (χ0) is 21.2. The molecule has 0 unspecified atom stereocenters. The van der Waals surface area contributed by atoms with Gasteiger partial charge in [-0.25, -0.2) is 8.42 Å². The number of halogens is 3. The van der Waals surface area contributed by atoms with Crippen molar-refractivity contribution < 1.29 is 13.2 Å². The lowest BCUT2D eigenvalue weighted by Gasteiger charge is -2.30. The molecule has 7 nitrogen and oxygen atoms in total. The second-order valence-electron chi connectivity index (χ2n) is 6.47. The van der Waals surface area contributed by atoms with E-state index in [1.807, 2.05) is 27.7 Å². The minimum absolute atomic E-state index is 0.00512. The molecule has 1 aromatic heterocycles. The molecular weight excluding hydrogens is 467 g/mol. The van der Waals surface area contributed by atoms with Crippen LogP contribution in [-0.4, -0.2) is 41.5 Å². The first-order valence-corrected chi connectivity index (χ1v) is 11.7. The number of hydrogen-bond acceptors (Lipinski definition) is 6. The van der Waals surface area contributed by atoms with Gasteiger partial charge in [0.1, 0.15) is 9.90 Å². The van der Waals surface area contributed by atoms with Crippen molar-refractivity contribution in [3.8, 4) is 0 Å². The van der Waals surface area contributed by atoms with Gasteiger partial charge in [-0.3, -0.25) is 9.52 Å². The fourth-order valence-electron chi connectivity index (χ4n) is 2.71. The van der Waals surface area contributed by atoms with Crippen LogP contribution >= 0.6 is 46.1 Å². The normalized spacial score (nSPS) is 11.9. The van der Waals surface area contributed by atoms with Gasteiger partial charge < -0.3 is 4.90 Å². The van der Waals surface area contributed by atoms with E-state index in [0.717, 1.165) is 11.3 Å². The maximum atomic E-state index is 12.6. The monoisotopic (exact) mass is 484 g/mol. The van der Waals surface area contributed by atoms with Crippen LogP contribution in [0.2, 0.25) is 15.1 Å². The second-order valence-corrected chi connectivity index (χ2v) is 10.4. The van der Waals surface area contributed by atoms with Crippen molar-refractivity contribution in [3.05, 3.63) is 32.2 Å². The van der Waals surface area contributed by atoms with Crippen LogP contribution in [0.4, 0.5) is 5.13 Å². The van der Waals surface area contributed by atoms with E-state index >= 15 is 0 Å². The Morgan fingerprint density at radius 2 is 1.64 bits per heavy atom. The molecule has 2 rings (SSSR count). The van der Waals surface area contributed by atoms with Gasteiger partial charge in [0.05, 0.1) is 16.5 Å². The van der Waals surface area contributed by atoms with Crippen LogP contribution in [-0.2, 0) is 21.2 Å². The molecule has 1 aromatic carbocycles. The number of sulfonamides is 1. The zero-order valence-electron chi connectivity index (χ0n) is 15.5. The summed E-state index contributed by atoms with van der Waals surface area (Å²) in [5, 5.41) is 8.08. The Kier molecular flexibility index (Phi) is 7.55. The Labute approximate surface area is 183 Å². The molecule has 1 amide bonds. The quantitative estimate of drug-likeness (QED) is 0.624. The van der Waals surface area contributed by atoms with Crippen molar-refractivity contribution >= 4 is 67.2 Å². The largest absolute Gasteiger partial charge is 0.337 e. The molecule has 0 saturated heterocycles. The van der Waals surface area contributed by atoms with Crippen molar-refractivity contribution in [2.75, 3.05) is 4.72 Å². The molecule has 0 saturated carbocycles.